The first kappa shape index (κ1) is 23.7. The second kappa shape index (κ2) is 10.2. The number of nitrogens with one attached hydrogen (secondary N) is 1. The minimum Gasteiger partial charge on any atom is -0.298 e. The number of anilines is 2. The zero-order chi connectivity index (χ0) is 24.1. The molecular formula is C26H25N3O3S2. The third kappa shape index (κ3) is 5.18. The number of rotatable bonds is 8. The van der Waals surface area contributed by atoms with Crippen molar-refractivity contribution in [2.75, 3.05) is 16.7 Å². The van der Waals surface area contributed by atoms with E-state index in [2.05, 4.69) is 29.4 Å². The molecule has 4 aromatic rings. The van der Waals surface area contributed by atoms with Gasteiger partial charge in [-0.15, -0.1) is 11.3 Å². The van der Waals surface area contributed by atoms with Crippen LogP contribution in [0.2, 0.25) is 0 Å². The van der Waals surface area contributed by atoms with Crippen molar-refractivity contribution in [2.45, 2.75) is 24.7 Å². The van der Waals surface area contributed by atoms with Crippen molar-refractivity contribution in [3.63, 3.8) is 0 Å². The molecule has 0 bridgehead atoms. The van der Waals surface area contributed by atoms with E-state index in [-0.39, 0.29) is 10.5 Å². The Hall–Kier alpha value is -3.49. The molecule has 1 N–H and O–H groups in total. The zero-order valence-corrected chi connectivity index (χ0v) is 20.6. The van der Waals surface area contributed by atoms with Crippen LogP contribution in [0.15, 0.2) is 89.1 Å². The molecule has 0 saturated heterocycles. The summed E-state index contributed by atoms with van der Waals surface area (Å²) in [7, 11) is -2.33. The molecule has 0 aliphatic carbocycles. The number of hydrogen-bond donors (Lipinski definition) is 1. The first-order chi connectivity index (χ1) is 16.4. The minimum atomic E-state index is -3.82. The highest BCUT2D eigenvalue weighted by molar-refractivity contribution is 7.92. The maximum absolute atomic E-state index is 13.1. The molecule has 0 fully saturated rings. The summed E-state index contributed by atoms with van der Waals surface area (Å²) in [5.74, 6) is -0.418. The van der Waals surface area contributed by atoms with E-state index in [1.807, 2.05) is 23.6 Å². The number of aromatic nitrogens is 1. The van der Waals surface area contributed by atoms with Crippen LogP contribution in [0.25, 0.3) is 11.3 Å². The molecule has 1 aromatic heterocycles. The second-order valence-corrected chi connectivity index (χ2v) is 10.6. The number of amides is 1. The summed E-state index contributed by atoms with van der Waals surface area (Å²) in [5.41, 5.74) is 3.82. The Morgan fingerprint density at radius 3 is 2.44 bits per heavy atom. The van der Waals surface area contributed by atoms with Crippen molar-refractivity contribution in [1.82, 2.24) is 4.98 Å². The minimum absolute atomic E-state index is 0.0403. The summed E-state index contributed by atoms with van der Waals surface area (Å²) < 4.78 is 27.3. The average Bonchev–Trinajstić information content (AvgIpc) is 3.33. The molecular weight excluding hydrogens is 466 g/mol. The smallest absolute Gasteiger partial charge is 0.264 e. The van der Waals surface area contributed by atoms with E-state index in [0.717, 1.165) is 24.1 Å². The standard InChI is InChI=1S/C26H25N3O3S2/c1-3-8-19-13-15-20(16-14-19)24-18-33-26(27-24)28-25(30)21-9-7-12-23(17-21)34(31,32)29(2)22-10-5-4-6-11-22/h4-7,9-18H,3,8H2,1-2H3,(H,27,28,30). The van der Waals surface area contributed by atoms with E-state index in [9.17, 15) is 13.2 Å². The molecule has 174 valence electrons. The lowest BCUT2D eigenvalue weighted by molar-refractivity contribution is 0.102. The number of sulfonamides is 1. The molecule has 0 unspecified atom stereocenters. The zero-order valence-electron chi connectivity index (χ0n) is 18.9. The van der Waals surface area contributed by atoms with E-state index in [4.69, 9.17) is 0 Å². The number of carbonyl (C=O) groups excluding carboxylic acids is 1. The molecule has 3 aromatic carbocycles. The lowest BCUT2D eigenvalue weighted by Crippen LogP contribution is -2.26. The summed E-state index contributed by atoms with van der Waals surface area (Å²) in [4.78, 5) is 17.4. The molecule has 1 heterocycles. The van der Waals surface area contributed by atoms with Crippen molar-refractivity contribution >= 4 is 38.1 Å². The Kier molecular flexibility index (Phi) is 7.09. The fraction of sp³-hybridized carbons (Fsp3) is 0.154. The number of benzene rings is 3. The van der Waals surface area contributed by atoms with Crippen LogP contribution in [-0.4, -0.2) is 26.4 Å². The molecule has 0 radical (unpaired) electrons. The van der Waals surface area contributed by atoms with Gasteiger partial charge in [0, 0.05) is 23.6 Å². The van der Waals surface area contributed by atoms with Crippen LogP contribution in [0, 0.1) is 0 Å². The topological polar surface area (TPSA) is 79.4 Å². The molecule has 0 atom stereocenters. The molecule has 34 heavy (non-hydrogen) atoms. The van der Waals surface area contributed by atoms with E-state index in [1.165, 1.54) is 40.4 Å². The number of carbonyl (C=O) groups is 1. The van der Waals surface area contributed by atoms with E-state index in [0.29, 0.717) is 10.8 Å². The molecule has 0 aliphatic rings. The van der Waals surface area contributed by atoms with Crippen molar-refractivity contribution in [1.29, 1.82) is 0 Å². The lowest BCUT2D eigenvalue weighted by Gasteiger charge is -2.19. The van der Waals surface area contributed by atoms with Gasteiger partial charge in [0.1, 0.15) is 0 Å². The van der Waals surface area contributed by atoms with Gasteiger partial charge in [0.25, 0.3) is 15.9 Å². The monoisotopic (exact) mass is 491 g/mol. The highest BCUT2D eigenvalue weighted by Gasteiger charge is 2.22. The van der Waals surface area contributed by atoms with Gasteiger partial charge in [0.2, 0.25) is 0 Å². The summed E-state index contributed by atoms with van der Waals surface area (Å²) in [6.45, 7) is 2.15. The van der Waals surface area contributed by atoms with Crippen LogP contribution in [0.5, 0.6) is 0 Å². The van der Waals surface area contributed by atoms with Crippen molar-refractivity contribution in [3.05, 3.63) is 95.4 Å². The number of thiazole rings is 1. The van der Waals surface area contributed by atoms with Crippen molar-refractivity contribution in [3.8, 4) is 11.3 Å². The van der Waals surface area contributed by atoms with Crippen LogP contribution >= 0.6 is 11.3 Å². The molecule has 8 heteroatoms. The van der Waals surface area contributed by atoms with Gasteiger partial charge < -0.3 is 0 Å². The first-order valence-electron chi connectivity index (χ1n) is 10.9. The van der Waals surface area contributed by atoms with Gasteiger partial charge in [-0.25, -0.2) is 13.4 Å². The summed E-state index contributed by atoms with van der Waals surface area (Å²) in [6, 6.07) is 23.0. The van der Waals surface area contributed by atoms with Gasteiger partial charge in [-0.1, -0.05) is 61.9 Å². The molecule has 0 spiro atoms. The SMILES string of the molecule is CCCc1ccc(-c2csc(NC(=O)c3cccc(S(=O)(=O)N(C)c4ccccc4)c3)n2)cc1. The van der Waals surface area contributed by atoms with Gasteiger partial charge in [-0.3, -0.25) is 14.4 Å². The molecule has 4 rings (SSSR count). The van der Waals surface area contributed by atoms with Gasteiger partial charge in [-0.05, 0) is 42.3 Å². The third-order valence-electron chi connectivity index (χ3n) is 5.39. The average molecular weight is 492 g/mol. The molecule has 1 amide bonds. The Bertz CT molecular complexity index is 1380. The van der Waals surface area contributed by atoms with Crippen LogP contribution in [0.3, 0.4) is 0 Å². The predicted molar refractivity (Wildman–Crippen MR) is 138 cm³/mol. The highest BCUT2D eigenvalue weighted by atomic mass is 32.2. The summed E-state index contributed by atoms with van der Waals surface area (Å²) in [6.07, 6.45) is 2.13. The Morgan fingerprint density at radius 2 is 1.74 bits per heavy atom. The summed E-state index contributed by atoms with van der Waals surface area (Å²) >= 11 is 1.32. The van der Waals surface area contributed by atoms with Gasteiger partial charge in [0.05, 0.1) is 16.3 Å². The highest BCUT2D eigenvalue weighted by Crippen LogP contribution is 2.27. The second-order valence-electron chi connectivity index (χ2n) is 7.77. The third-order valence-corrected chi connectivity index (χ3v) is 7.93. The van der Waals surface area contributed by atoms with Gasteiger partial charge >= 0.3 is 0 Å². The Labute approximate surface area is 204 Å². The number of nitrogens with zero attached hydrogens (tertiary/aromatic N) is 2. The normalized spacial score (nSPS) is 11.2. The van der Waals surface area contributed by atoms with Crippen molar-refractivity contribution < 1.29 is 13.2 Å². The van der Waals surface area contributed by atoms with Crippen LogP contribution in [0.1, 0.15) is 29.3 Å². The van der Waals surface area contributed by atoms with Crippen LogP contribution < -0.4 is 9.62 Å². The van der Waals surface area contributed by atoms with E-state index < -0.39 is 15.9 Å². The molecule has 6 nitrogen and oxygen atoms in total. The van der Waals surface area contributed by atoms with E-state index in [1.54, 1.807) is 36.4 Å². The van der Waals surface area contributed by atoms with Gasteiger partial charge in [-0.2, -0.15) is 0 Å². The van der Waals surface area contributed by atoms with Crippen molar-refractivity contribution in [2.24, 2.45) is 0 Å². The number of hydrogen-bond acceptors (Lipinski definition) is 5. The molecule has 0 aliphatic heterocycles. The lowest BCUT2D eigenvalue weighted by atomic mass is 10.1. The fourth-order valence-corrected chi connectivity index (χ4v) is 5.45. The van der Waals surface area contributed by atoms with E-state index >= 15 is 0 Å². The number of aryl methyl sites for hydroxylation is 1. The Morgan fingerprint density at radius 1 is 1.00 bits per heavy atom. The van der Waals surface area contributed by atoms with Crippen LogP contribution in [-0.2, 0) is 16.4 Å². The first-order valence-corrected chi connectivity index (χ1v) is 13.2. The quantitative estimate of drug-likeness (QED) is 0.336. The fourth-order valence-electron chi connectivity index (χ4n) is 3.50. The van der Waals surface area contributed by atoms with Gasteiger partial charge in [0.15, 0.2) is 5.13 Å². The predicted octanol–water partition coefficient (Wildman–Crippen LogP) is 5.84. The largest absolute Gasteiger partial charge is 0.298 e. The summed E-state index contributed by atoms with van der Waals surface area (Å²) in [5, 5.41) is 5.12. The number of para-hydroxylation sites is 1. The molecule has 0 saturated carbocycles. The maximum Gasteiger partial charge on any atom is 0.264 e. The Balaban J connectivity index is 1.50. The maximum atomic E-state index is 13.1. The van der Waals surface area contributed by atoms with Crippen LogP contribution in [0.4, 0.5) is 10.8 Å².